The lowest BCUT2D eigenvalue weighted by Crippen LogP contribution is -2.05. The van der Waals surface area contributed by atoms with Crippen molar-refractivity contribution in [1.29, 1.82) is 0 Å². The fraction of sp³-hybridized carbons (Fsp3) is 0.0667. The topological polar surface area (TPSA) is 55.7 Å². The molecule has 0 bridgehead atoms. The highest BCUT2D eigenvalue weighted by Crippen LogP contribution is 2.16. The van der Waals surface area contributed by atoms with E-state index in [1.165, 1.54) is 0 Å². The predicted octanol–water partition coefficient (Wildman–Crippen LogP) is 2.45. The van der Waals surface area contributed by atoms with Gasteiger partial charge in [0.1, 0.15) is 0 Å². The second-order valence-corrected chi connectivity index (χ2v) is 4.19. The monoisotopic (exact) mass is 249 g/mol. The molecule has 0 unspecified atom stereocenters. The molecule has 0 atom stereocenters. The lowest BCUT2D eigenvalue weighted by Gasteiger charge is -2.04. The third kappa shape index (κ3) is 2.33. The van der Waals surface area contributed by atoms with Gasteiger partial charge in [0.2, 0.25) is 0 Å². The highest BCUT2D eigenvalue weighted by molar-refractivity contribution is 6.06. The third-order valence-corrected chi connectivity index (χ3v) is 2.89. The van der Waals surface area contributed by atoms with Gasteiger partial charge in [0.15, 0.2) is 5.78 Å². The Morgan fingerprint density at radius 3 is 2.74 bits per heavy atom. The lowest BCUT2D eigenvalue weighted by molar-refractivity contribution is 0.0994. The average molecular weight is 249 g/mol. The zero-order valence-corrected chi connectivity index (χ0v) is 10.2. The number of carbonyl (C=O) groups is 1. The molecule has 4 heteroatoms. The molecular formula is C15H11N3O. The number of fused-ring (bicyclic) bond motifs is 1. The maximum absolute atomic E-state index is 12.3. The van der Waals surface area contributed by atoms with Crippen LogP contribution in [-0.2, 0) is 6.42 Å². The van der Waals surface area contributed by atoms with E-state index in [2.05, 4.69) is 15.0 Å². The van der Waals surface area contributed by atoms with E-state index in [9.17, 15) is 4.79 Å². The van der Waals surface area contributed by atoms with Gasteiger partial charge in [0.25, 0.3) is 0 Å². The van der Waals surface area contributed by atoms with Crippen molar-refractivity contribution in [1.82, 2.24) is 15.0 Å². The summed E-state index contributed by atoms with van der Waals surface area (Å²) in [5.41, 5.74) is 2.89. The van der Waals surface area contributed by atoms with Crippen molar-refractivity contribution >= 4 is 16.8 Å². The summed E-state index contributed by atoms with van der Waals surface area (Å²) in [5, 5.41) is 0. The largest absolute Gasteiger partial charge is 0.294 e. The fourth-order valence-corrected chi connectivity index (χ4v) is 2.00. The van der Waals surface area contributed by atoms with Crippen LogP contribution in [0, 0.1) is 0 Å². The molecule has 0 fully saturated rings. The standard InChI is InChI=1S/C15H11N3O/c19-14(9-11-3-2-6-16-10-11)12-4-1-5-13-15(12)18-8-7-17-13/h1-8,10H,9H2. The first-order valence-corrected chi connectivity index (χ1v) is 5.96. The molecule has 92 valence electrons. The van der Waals surface area contributed by atoms with Crippen LogP contribution >= 0.6 is 0 Å². The van der Waals surface area contributed by atoms with Crippen molar-refractivity contribution in [2.75, 3.05) is 0 Å². The number of ketones is 1. The predicted molar refractivity (Wildman–Crippen MR) is 71.8 cm³/mol. The van der Waals surface area contributed by atoms with Crippen molar-refractivity contribution in [3.05, 3.63) is 66.2 Å². The Hall–Kier alpha value is -2.62. The smallest absolute Gasteiger partial charge is 0.169 e. The van der Waals surface area contributed by atoms with Crippen LogP contribution in [0.3, 0.4) is 0 Å². The maximum Gasteiger partial charge on any atom is 0.169 e. The van der Waals surface area contributed by atoms with Crippen molar-refractivity contribution in [3.8, 4) is 0 Å². The molecule has 0 aliphatic carbocycles. The second-order valence-electron chi connectivity index (χ2n) is 4.19. The van der Waals surface area contributed by atoms with Crippen LogP contribution in [0.25, 0.3) is 11.0 Å². The van der Waals surface area contributed by atoms with Gasteiger partial charge in [0.05, 0.1) is 11.0 Å². The molecule has 2 heterocycles. The molecule has 3 rings (SSSR count). The van der Waals surface area contributed by atoms with Gasteiger partial charge < -0.3 is 0 Å². The van der Waals surface area contributed by atoms with Gasteiger partial charge in [-0.3, -0.25) is 19.7 Å². The van der Waals surface area contributed by atoms with Crippen molar-refractivity contribution in [2.45, 2.75) is 6.42 Å². The minimum atomic E-state index is 0.0269. The van der Waals surface area contributed by atoms with Crippen LogP contribution < -0.4 is 0 Å². The minimum Gasteiger partial charge on any atom is -0.294 e. The van der Waals surface area contributed by atoms with Gasteiger partial charge in [0, 0.05) is 36.8 Å². The molecule has 0 aliphatic heterocycles. The van der Waals surface area contributed by atoms with Gasteiger partial charge in [-0.25, -0.2) is 0 Å². The number of pyridine rings is 1. The summed E-state index contributed by atoms with van der Waals surface area (Å²) in [4.78, 5) is 24.8. The molecule has 0 amide bonds. The summed E-state index contributed by atoms with van der Waals surface area (Å²) in [6.07, 6.45) is 6.94. The molecule has 0 saturated heterocycles. The summed E-state index contributed by atoms with van der Waals surface area (Å²) >= 11 is 0. The summed E-state index contributed by atoms with van der Waals surface area (Å²) < 4.78 is 0. The molecule has 0 saturated carbocycles. The molecule has 4 nitrogen and oxygen atoms in total. The maximum atomic E-state index is 12.3. The Morgan fingerprint density at radius 1 is 1.00 bits per heavy atom. The summed E-state index contributed by atoms with van der Waals surface area (Å²) in [6, 6.07) is 9.18. The number of benzene rings is 1. The summed E-state index contributed by atoms with van der Waals surface area (Å²) in [6.45, 7) is 0. The van der Waals surface area contributed by atoms with E-state index in [4.69, 9.17) is 0 Å². The van der Waals surface area contributed by atoms with E-state index in [1.807, 2.05) is 24.3 Å². The fourth-order valence-electron chi connectivity index (χ4n) is 2.00. The molecule has 2 aromatic heterocycles. The average Bonchev–Trinajstić information content (AvgIpc) is 2.47. The van der Waals surface area contributed by atoms with Gasteiger partial charge in [-0.1, -0.05) is 12.1 Å². The van der Waals surface area contributed by atoms with Crippen LogP contribution in [0.5, 0.6) is 0 Å². The number of carbonyl (C=O) groups excluding carboxylic acids is 1. The first-order chi connectivity index (χ1) is 9.34. The number of Topliss-reactive ketones (excluding diaryl/α,β-unsaturated/α-hetero) is 1. The van der Waals surface area contributed by atoms with Crippen molar-refractivity contribution in [3.63, 3.8) is 0 Å². The van der Waals surface area contributed by atoms with E-state index in [1.54, 1.807) is 30.9 Å². The van der Waals surface area contributed by atoms with E-state index in [-0.39, 0.29) is 5.78 Å². The van der Waals surface area contributed by atoms with Gasteiger partial charge in [-0.2, -0.15) is 0 Å². The molecule has 1 aromatic carbocycles. The van der Waals surface area contributed by atoms with E-state index in [0.717, 1.165) is 11.1 Å². The Balaban J connectivity index is 1.98. The Kier molecular flexibility index (Phi) is 2.98. The zero-order chi connectivity index (χ0) is 13.1. The molecule has 0 N–H and O–H groups in total. The first kappa shape index (κ1) is 11.5. The summed E-state index contributed by atoms with van der Waals surface area (Å²) in [7, 11) is 0. The van der Waals surface area contributed by atoms with Crippen LogP contribution in [0.4, 0.5) is 0 Å². The zero-order valence-electron chi connectivity index (χ0n) is 10.2. The number of para-hydroxylation sites is 1. The molecule has 0 spiro atoms. The van der Waals surface area contributed by atoms with E-state index < -0.39 is 0 Å². The Morgan fingerprint density at radius 2 is 1.89 bits per heavy atom. The molecule has 0 radical (unpaired) electrons. The van der Waals surface area contributed by atoms with Gasteiger partial charge >= 0.3 is 0 Å². The summed E-state index contributed by atoms with van der Waals surface area (Å²) in [5.74, 6) is 0.0269. The molecule has 19 heavy (non-hydrogen) atoms. The minimum absolute atomic E-state index is 0.0269. The van der Waals surface area contributed by atoms with Crippen LogP contribution in [0.1, 0.15) is 15.9 Å². The number of hydrogen-bond donors (Lipinski definition) is 0. The highest BCUT2D eigenvalue weighted by atomic mass is 16.1. The lowest BCUT2D eigenvalue weighted by atomic mass is 10.0. The number of nitrogens with zero attached hydrogens (tertiary/aromatic N) is 3. The highest BCUT2D eigenvalue weighted by Gasteiger charge is 2.12. The molecule has 3 aromatic rings. The SMILES string of the molecule is O=C(Cc1cccnc1)c1cccc2nccnc12. The van der Waals surface area contributed by atoms with Crippen LogP contribution in [0.2, 0.25) is 0 Å². The van der Waals surface area contributed by atoms with Crippen LogP contribution in [0.15, 0.2) is 55.1 Å². The number of hydrogen-bond acceptors (Lipinski definition) is 4. The molecule has 0 aliphatic rings. The normalized spacial score (nSPS) is 10.5. The second kappa shape index (κ2) is 4.94. The quantitative estimate of drug-likeness (QED) is 0.669. The van der Waals surface area contributed by atoms with Gasteiger partial charge in [-0.15, -0.1) is 0 Å². The van der Waals surface area contributed by atoms with Crippen molar-refractivity contribution < 1.29 is 4.79 Å². The number of aromatic nitrogens is 3. The Bertz CT molecular complexity index is 720. The first-order valence-electron chi connectivity index (χ1n) is 5.96. The molecular weight excluding hydrogens is 238 g/mol. The van der Waals surface area contributed by atoms with Crippen molar-refractivity contribution in [2.24, 2.45) is 0 Å². The Labute approximate surface area is 110 Å². The number of rotatable bonds is 3. The van der Waals surface area contributed by atoms with Gasteiger partial charge in [-0.05, 0) is 23.8 Å². The van der Waals surface area contributed by atoms with Crippen LogP contribution in [-0.4, -0.2) is 20.7 Å². The third-order valence-electron chi connectivity index (χ3n) is 2.89. The van der Waals surface area contributed by atoms with E-state index in [0.29, 0.717) is 17.5 Å². The van der Waals surface area contributed by atoms with E-state index >= 15 is 0 Å².